The molecule has 0 amide bonds. The van der Waals surface area contributed by atoms with E-state index in [4.69, 9.17) is 5.11 Å². The van der Waals surface area contributed by atoms with Gasteiger partial charge >= 0.3 is 5.97 Å². The summed E-state index contributed by atoms with van der Waals surface area (Å²) in [6.45, 7) is 1.48. The van der Waals surface area contributed by atoms with Gasteiger partial charge in [-0.05, 0) is 27.1 Å². The Morgan fingerprint density at radius 2 is 2.05 bits per heavy atom. The molecular formula is C12H18N4O4. The second kappa shape index (κ2) is 6.80. The van der Waals surface area contributed by atoms with Crippen LogP contribution in [-0.4, -0.2) is 60.1 Å². The van der Waals surface area contributed by atoms with Gasteiger partial charge in [-0.1, -0.05) is 0 Å². The molecule has 0 aromatic carbocycles. The molecule has 0 aliphatic heterocycles. The van der Waals surface area contributed by atoms with E-state index in [0.717, 1.165) is 25.2 Å². The number of nitrogens with zero attached hydrogens (tertiary/aromatic N) is 4. The lowest BCUT2D eigenvalue weighted by molar-refractivity contribution is -0.385. The molecule has 110 valence electrons. The van der Waals surface area contributed by atoms with Crippen molar-refractivity contribution in [3.63, 3.8) is 0 Å². The lowest BCUT2D eigenvalue weighted by Crippen LogP contribution is -2.25. The van der Waals surface area contributed by atoms with Gasteiger partial charge in [0.25, 0.3) is 5.69 Å². The first-order valence-electron chi connectivity index (χ1n) is 6.06. The number of aromatic carboxylic acids is 1. The quantitative estimate of drug-likeness (QED) is 0.590. The zero-order chi connectivity index (χ0) is 15.3. The van der Waals surface area contributed by atoms with Crippen LogP contribution in [0.1, 0.15) is 16.8 Å². The molecule has 1 aromatic rings. The number of carboxylic acid groups (broad SMARTS) is 1. The van der Waals surface area contributed by atoms with E-state index in [1.807, 2.05) is 19.0 Å². The molecule has 0 spiro atoms. The van der Waals surface area contributed by atoms with Crippen LogP contribution < -0.4 is 4.90 Å². The predicted molar refractivity (Wildman–Crippen MR) is 74.3 cm³/mol. The maximum atomic E-state index is 11.2. The molecule has 0 unspecified atom stereocenters. The highest BCUT2D eigenvalue weighted by molar-refractivity contribution is 5.94. The number of anilines is 1. The van der Waals surface area contributed by atoms with Gasteiger partial charge in [-0.3, -0.25) is 10.1 Å². The van der Waals surface area contributed by atoms with E-state index >= 15 is 0 Å². The fraction of sp³-hybridized carbons (Fsp3) is 0.500. The fourth-order valence-electron chi connectivity index (χ4n) is 1.74. The van der Waals surface area contributed by atoms with Gasteiger partial charge in [0.05, 0.1) is 4.92 Å². The van der Waals surface area contributed by atoms with Crippen molar-refractivity contribution < 1.29 is 14.8 Å². The Kier molecular flexibility index (Phi) is 5.39. The number of rotatable bonds is 7. The SMILES string of the molecule is CN(C)CCCN(C)c1ncc([N+](=O)[O-])cc1C(=O)O. The third-order valence-corrected chi connectivity index (χ3v) is 2.75. The molecule has 8 heteroatoms. The second-order valence-electron chi connectivity index (χ2n) is 4.71. The number of nitro groups is 1. The van der Waals surface area contributed by atoms with Crippen molar-refractivity contribution in [3.05, 3.63) is 27.9 Å². The average molecular weight is 282 g/mol. The number of hydrogen-bond donors (Lipinski definition) is 1. The average Bonchev–Trinajstić information content (AvgIpc) is 2.37. The summed E-state index contributed by atoms with van der Waals surface area (Å²) in [6.07, 6.45) is 1.91. The van der Waals surface area contributed by atoms with E-state index in [1.54, 1.807) is 11.9 Å². The molecule has 1 heterocycles. The Hall–Kier alpha value is -2.22. The van der Waals surface area contributed by atoms with Gasteiger partial charge in [-0.25, -0.2) is 9.78 Å². The molecule has 0 aliphatic carbocycles. The van der Waals surface area contributed by atoms with Crippen LogP contribution in [0.15, 0.2) is 12.3 Å². The predicted octanol–water partition coefficient (Wildman–Crippen LogP) is 1.08. The Labute approximate surface area is 116 Å². The first kappa shape index (κ1) is 15.8. The molecule has 0 radical (unpaired) electrons. The van der Waals surface area contributed by atoms with Crippen LogP contribution in [0.4, 0.5) is 11.5 Å². The summed E-state index contributed by atoms with van der Waals surface area (Å²) < 4.78 is 0. The monoisotopic (exact) mass is 282 g/mol. The topological polar surface area (TPSA) is 99.8 Å². The van der Waals surface area contributed by atoms with Crippen molar-refractivity contribution >= 4 is 17.5 Å². The third kappa shape index (κ3) is 4.16. The number of carbonyl (C=O) groups is 1. The fourth-order valence-corrected chi connectivity index (χ4v) is 1.74. The highest BCUT2D eigenvalue weighted by atomic mass is 16.6. The molecule has 1 aromatic heterocycles. The minimum atomic E-state index is -1.23. The summed E-state index contributed by atoms with van der Waals surface area (Å²) in [5, 5.41) is 19.8. The van der Waals surface area contributed by atoms with Crippen LogP contribution in [0.2, 0.25) is 0 Å². The molecule has 8 nitrogen and oxygen atoms in total. The molecule has 1 N–H and O–H groups in total. The lowest BCUT2D eigenvalue weighted by atomic mass is 10.2. The second-order valence-corrected chi connectivity index (χ2v) is 4.71. The van der Waals surface area contributed by atoms with Gasteiger partial charge in [0.15, 0.2) is 0 Å². The first-order chi connectivity index (χ1) is 9.32. The molecule has 0 bridgehead atoms. The summed E-state index contributed by atoms with van der Waals surface area (Å²) >= 11 is 0. The van der Waals surface area contributed by atoms with E-state index in [0.29, 0.717) is 6.54 Å². The van der Waals surface area contributed by atoms with Crippen LogP contribution in [0, 0.1) is 10.1 Å². The minimum absolute atomic E-state index is 0.161. The van der Waals surface area contributed by atoms with E-state index < -0.39 is 10.9 Å². The molecule has 0 aliphatic rings. The number of pyridine rings is 1. The van der Waals surface area contributed by atoms with E-state index in [2.05, 4.69) is 4.98 Å². The van der Waals surface area contributed by atoms with Crippen molar-refractivity contribution in [2.24, 2.45) is 0 Å². The van der Waals surface area contributed by atoms with Crippen LogP contribution in [0.25, 0.3) is 0 Å². The molecule has 0 saturated heterocycles. The van der Waals surface area contributed by atoms with Crippen LogP contribution >= 0.6 is 0 Å². The third-order valence-electron chi connectivity index (χ3n) is 2.75. The number of hydrogen-bond acceptors (Lipinski definition) is 6. The van der Waals surface area contributed by atoms with E-state index in [1.165, 1.54) is 0 Å². The summed E-state index contributed by atoms with van der Waals surface area (Å²) in [5.41, 5.74) is -0.487. The standard InChI is InChI=1S/C12H18N4O4/c1-14(2)5-4-6-15(3)11-10(12(17)18)7-9(8-13-11)16(19)20/h7-8H,4-6H2,1-3H3,(H,17,18). The Morgan fingerprint density at radius 1 is 1.40 bits per heavy atom. The molecular weight excluding hydrogens is 264 g/mol. The van der Waals surface area contributed by atoms with Gasteiger partial charge in [0, 0.05) is 19.7 Å². The maximum absolute atomic E-state index is 11.2. The molecule has 0 atom stereocenters. The first-order valence-corrected chi connectivity index (χ1v) is 6.06. The smallest absolute Gasteiger partial charge is 0.339 e. The molecule has 0 saturated carbocycles. The van der Waals surface area contributed by atoms with Gasteiger partial charge in [0.2, 0.25) is 0 Å². The maximum Gasteiger partial charge on any atom is 0.339 e. The van der Waals surface area contributed by atoms with Crippen molar-refractivity contribution in [3.8, 4) is 0 Å². The Balaban J connectivity index is 2.93. The normalized spacial score (nSPS) is 10.6. The largest absolute Gasteiger partial charge is 0.478 e. The summed E-state index contributed by atoms with van der Waals surface area (Å²) in [7, 11) is 5.62. The Morgan fingerprint density at radius 3 is 2.55 bits per heavy atom. The number of carboxylic acids is 1. The van der Waals surface area contributed by atoms with Gasteiger partial charge < -0.3 is 14.9 Å². The highest BCUT2D eigenvalue weighted by Crippen LogP contribution is 2.21. The van der Waals surface area contributed by atoms with Crippen molar-refractivity contribution in [1.29, 1.82) is 0 Å². The van der Waals surface area contributed by atoms with Crippen molar-refractivity contribution in [2.75, 3.05) is 39.1 Å². The highest BCUT2D eigenvalue weighted by Gasteiger charge is 2.19. The van der Waals surface area contributed by atoms with Crippen LogP contribution in [0.5, 0.6) is 0 Å². The summed E-state index contributed by atoms with van der Waals surface area (Å²) in [6, 6.07) is 1.03. The molecule has 20 heavy (non-hydrogen) atoms. The van der Waals surface area contributed by atoms with Crippen molar-refractivity contribution in [1.82, 2.24) is 9.88 Å². The van der Waals surface area contributed by atoms with Gasteiger partial charge in [-0.15, -0.1) is 0 Å². The summed E-state index contributed by atoms with van der Waals surface area (Å²) in [4.78, 5) is 28.8. The van der Waals surface area contributed by atoms with Gasteiger partial charge in [0.1, 0.15) is 17.6 Å². The Bertz CT molecular complexity index is 504. The van der Waals surface area contributed by atoms with Crippen LogP contribution in [-0.2, 0) is 0 Å². The number of aromatic nitrogens is 1. The van der Waals surface area contributed by atoms with Gasteiger partial charge in [-0.2, -0.15) is 0 Å². The minimum Gasteiger partial charge on any atom is -0.478 e. The van der Waals surface area contributed by atoms with Crippen molar-refractivity contribution in [2.45, 2.75) is 6.42 Å². The van der Waals surface area contributed by atoms with E-state index in [-0.39, 0.29) is 17.1 Å². The lowest BCUT2D eigenvalue weighted by Gasteiger charge is -2.20. The van der Waals surface area contributed by atoms with Crippen LogP contribution in [0.3, 0.4) is 0 Å². The molecule has 1 rings (SSSR count). The molecule has 0 fully saturated rings. The van der Waals surface area contributed by atoms with E-state index in [9.17, 15) is 14.9 Å². The zero-order valence-corrected chi connectivity index (χ0v) is 11.7. The zero-order valence-electron chi connectivity index (χ0n) is 11.7. The summed E-state index contributed by atoms with van der Waals surface area (Å²) in [5.74, 6) is -0.988.